The van der Waals surface area contributed by atoms with Gasteiger partial charge in [0.25, 0.3) is 0 Å². The summed E-state index contributed by atoms with van der Waals surface area (Å²) >= 11 is 0. The number of benzene rings is 1. The van der Waals surface area contributed by atoms with Crippen molar-refractivity contribution in [3.8, 4) is 0 Å². The number of nitrogens with zero attached hydrogens (tertiary/aromatic N) is 1. The molecule has 1 unspecified atom stereocenters. The van der Waals surface area contributed by atoms with Gasteiger partial charge in [0.15, 0.2) is 5.78 Å². The highest BCUT2D eigenvalue weighted by atomic mass is 16.5. The Bertz CT molecular complexity index is 500. The number of hydrogen-bond donors (Lipinski definition) is 0. The minimum atomic E-state index is -0.598. The van der Waals surface area contributed by atoms with Crippen LogP contribution in [0.25, 0.3) is 0 Å². The van der Waals surface area contributed by atoms with E-state index in [0.717, 1.165) is 0 Å². The highest BCUT2D eigenvalue weighted by molar-refractivity contribution is 6.00. The minimum absolute atomic E-state index is 0.0330. The maximum atomic E-state index is 12.3. The number of carbonyl (C=O) groups excluding carboxylic acids is 2. The number of piperidine rings is 1. The van der Waals surface area contributed by atoms with Gasteiger partial charge >= 0.3 is 5.97 Å². The topological polar surface area (TPSA) is 46.6 Å². The summed E-state index contributed by atoms with van der Waals surface area (Å²) in [4.78, 5) is 26.3. The van der Waals surface area contributed by atoms with Gasteiger partial charge in [-0.1, -0.05) is 30.3 Å². The van der Waals surface area contributed by atoms with Crippen LogP contribution in [0.5, 0.6) is 0 Å². The summed E-state index contributed by atoms with van der Waals surface area (Å²) in [6.45, 7) is 6.56. The lowest BCUT2D eigenvalue weighted by Crippen LogP contribution is -2.49. The van der Waals surface area contributed by atoms with E-state index in [2.05, 4.69) is 30.9 Å². The third-order valence-corrected chi connectivity index (χ3v) is 4.22. The molecule has 1 heterocycles. The standard InChI is InChI=1S/C17H23NO3/c1-4-21-17(20)15-10-12(2)18(11-16(15)19)13(3)14-8-6-5-7-9-14/h5-9,12-13,15H,4,10-11H2,1-3H3/t12-,13+,15?/m1/s1. The van der Waals surface area contributed by atoms with Gasteiger partial charge < -0.3 is 4.74 Å². The zero-order chi connectivity index (χ0) is 15.4. The van der Waals surface area contributed by atoms with Crippen molar-refractivity contribution in [1.82, 2.24) is 4.90 Å². The van der Waals surface area contributed by atoms with Gasteiger partial charge in [-0.2, -0.15) is 0 Å². The fourth-order valence-corrected chi connectivity index (χ4v) is 2.97. The maximum Gasteiger partial charge on any atom is 0.316 e. The average molecular weight is 289 g/mol. The van der Waals surface area contributed by atoms with E-state index in [-0.39, 0.29) is 23.8 Å². The van der Waals surface area contributed by atoms with Gasteiger partial charge in [0.1, 0.15) is 5.92 Å². The Balaban J connectivity index is 2.08. The number of Topliss-reactive ketones (excluding diaryl/α,β-unsaturated/α-hetero) is 1. The van der Waals surface area contributed by atoms with Gasteiger partial charge in [-0.3, -0.25) is 14.5 Å². The van der Waals surface area contributed by atoms with Crippen LogP contribution in [0.2, 0.25) is 0 Å². The summed E-state index contributed by atoms with van der Waals surface area (Å²) in [5.41, 5.74) is 1.19. The number of rotatable bonds is 4. The molecule has 1 aliphatic rings. The second-order valence-electron chi connectivity index (χ2n) is 5.61. The fourth-order valence-electron chi connectivity index (χ4n) is 2.97. The Morgan fingerprint density at radius 2 is 2.05 bits per heavy atom. The first-order chi connectivity index (χ1) is 10.0. The Labute approximate surface area is 126 Å². The maximum absolute atomic E-state index is 12.3. The van der Waals surface area contributed by atoms with Crippen molar-refractivity contribution in [1.29, 1.82) is 0 Å². The fraction of sp³-hybridized carbons (Fsp3) is 0.529. The van der Waals surface area contributed by atoms with E-state index in [1.807, 2.05) is 18.2 Å². The van der Waals surface area contributed by atoms with Crippen molar-refractivity contribution in [2.45, 2.75) is 39.3 Å². The number of esters is 1. The average Bonchev–Trinajstić information content (AvgIpc) is 2.49. The highest BCUT2D eigenvalue weighted by Gasteiger charge is 2.39. The molecule has 4 nitrogen and oxygen atoms in total. The normalized spacial score (nSPS) is 24.6. The first-order valence-corrected chi connectivity index (χ1v) is 7.54. The summed E-state index contributed by atoms with van der Waals surface area (Å²) in [5.74, 6) is -1.00. The monoisotopic (exact) mass is 289 g/mol. The summed E-state index contributed by atoms with van der Waals surface area (Å²) in [7, 11) is 0. The Morgan fingerprint density at radius 1 is 1.38 bits per heavy atom. The molecule has 0 spiro atoms. The zero-order valence-corrected chi connectivity index (χ0v) is 12.9. The Kier molecular flexibility index (Phi) is 5.12. The number of likely N-dealkylation sites (tertiary alicyclic amines) is 1. The summed E-state index contributed by atoms with van der Waals surface area (Å²) in [6, 6.07) is 10.5. The summed E-state index contributed by atoms with van der Waals surface area (Å²) < 4.78 is 5.00. The molecule has 0 radical (unpaired) electrons. The molecule has 0 aliphatic carbocycles. The lowest BCUT2D eigenvalue weighted by atomic mass is 9.88. The number of ketones is 1. The molecule has 0 bridgehead atoms. The Morgan fingerprint density at radius 3 is 2.67 bits per heavy atom. The van der Waals surface area contributed by atoms with Crippen LogP contribution >= 0.6 is 0 Å². The van der Waals surface area contributed by atoms with Crippen LogP contribution in [0.15, 0.2) is 30.3 Å². The van der Waals surface area contributed by atoms with Crippen molar-refractivity contribution in [2.24, 2.45) is 5.92 Å². The van der Waals surface area contributed by atoms with Crippen molar-refractivity contribution in [3.05, 3.63) is 35.9 Å². The van der Waals surface area contributed by atoms with Crippen LogP contribution in [0.3, 0.4) is 0 Å². The molecule has 114 valence electrons. The first kappa shape index (κ1) is 15.7. The van der Waals surface area contributed by atoms with Crippen LogP contribution in [-0.2, 0) is 14.3 Å². The van der Waals surface area contributed by atoms with Crippen molar-refractivity contribution in [2.75, 3.05) is 13.2 Å². The van der Waals surface area contributed by atoms with Gasteiger partial charge in [0.2, 0.25) is 0 Å². The molecular weight excluding hydrogens is 266 g/mol. The first-order valence-electron chi connectivity index (χ1n) is 7.54. The van der Waals surface area contributed by atoms with Crippen LogP contribution < -0.4 is 0 Å². The van der Waals surface area contributed by atoms with Gasteiger partial charge in [-0.05, 0) is 32.8 Å². The molecule has 1 aliphatic heterocycles. The third-order valence-electron chi connectivity index (χ3n) is 4.22. The molecule has 0 aromatic heterocycles. The minimum Gasteiger partial charge on any atom is -0.465 e. The van der Waals surface area contributed by atoms with Crippen LogP contribution in [-0.4, -0.2) is 35.8 Å². The molecule has 0 amide bonds. The second-order valence-corrected chi connectivity index (χ2v) is 5.61. The lowest BCUT2D eigenvalue weighted by Gasteiger charge is -2.39. The van der Waals surface area contributed by atoms with E-state index in [9.17, 15) is 9.59 Å². The molecule has 4 heteroatoms. The Hall–Kier alpha value is -1.68. The predicted octanol–water partition coefficient (Wildman–Crippen LogP) is 2.59. The summed E-state index contributed by atoms with van der Waals surface area (Å²) in [5, 5.41) is 0. The van der Waals surface area contributed by atoms with Crippen LogP contribution in [0, 0.1) is 5.92 Å². The van der Waals surface area contributed by atoms with Crippen LogP contribution in [0.4, 0.5) is 0 Å². The predicted molar refractivity (Wildman–Crippen MR) is 80.8 cm³/mol. The van der Waals surface area contributed by atoms with E-state index < -0.39 is 5.92 Å². The van der Waals surface area contributed by atoms with E-state index in [0.29, 0.717) is 19.6 Å². The SMILES string of the molecule is CCOC(=O)C1C[C@@H](C)N([C@@H](C)c2ccccc2)CC1=O. The third kappa shape index (κ3) is 3.50. The molecule has 1 fully saturated rings. The number of carbonyl (C=O) groups is 2. The highest BCUT2D eigenvalue weighted by Crippen LogP contribution is 2.29. The molecule has 0 saturated carbocycles. The second kappa shape index (κ2) is 6.85. The molecule has 2 rings (SSSR count). The van der Waals surface area contributed by atoms with Crippen molar-refractivity contribution in [3.63, 3.8) is 0 Å². The number of ether oxygens (including phenoxy) is 1. The van der Waals surface area contributed by atoms with Crippen LogP contribution in [0.1, 0.15) is 38.8 Å². The number of hydrogen-bond acceptors (Lipinski definition) is 4. The van der Waals surface area contributed by atoms with E-state index >= 15 is 0 Å². The van der Waals surface area contributed by atoms with E-state index in [1.54, 1.807) is 6.92 Å². The van der Waals surface area contributed by atoms with Crippen molar-refractivity contribution >= 4 is 11.8 Å². The van der Waals surface area contributed by atoms with Gasteiger partial charge in [0, 0.05) is 12.1 Å². The quantitative estimate of drug-likeness (QED) is 0.631. The molecular formula is C17H23NO3. The largest absolute Gasteiger partial charge is 0.465 e. The smallest absolute Gasteiger partial charge is 0.316 e. The lowest BCUT2D eigenvalue weighted by molar-refractivity contribution is -0.155. The zero-order valence-electron chi connectivity index (χ0n) is 12.9. The van der Waals surface area contributed by atoms with Gasteiger partial charge in [0.05, 0.1) is 13.2 Å². The molecule has 3 atom stereocenters. The molecule has 0 N–H and O–H groups in total. The molecule has 1 aromatic rings. The molecule has 21 heavy (non-hydrogen) atoms. The summed E-state index contributed by atoms with van der Waals surface area (Å²) in [6.07, 6.45) is 0.537. The van der Waals surface area contributed by atoms with Gasteiger partial charge in [-0.25, -0.2) is 0 Å². The van der Waals surface area contributed by atoms with E-state index in [4.69, 9.17) is 4.74 Å². The molecule has 1 saturated heterocycles. The van der Waals surface area contributed by atoms with E-state index in [1.165, 1.54) is 5.56 Å². The van der Waals surface area contributed by atoms with Crippen molar-refractivity contribution < 1.29 is 14.3 Å². The molecule has 1 aromatic carbocycles. The van der Waals surface area contributed by atoms with Gasteiger partial charge in [-0.15, -0.1) is 0 Å².